The molecule has 0 bridgehead atoms. The van der Waals surface area contributed by atoms with Crippen LogP contribution in [0.3, 0.4) is 0 Å². The van der Waals surface area contributed by atoms with Gasteiger partial charge in [-0.2, -0.15) is 5.10 Å². The van der Waals surface area contributed by atoms with Crippen LogP contribution in [-0.4, -0.2) is 15.8 Å². The van der Waals surface area contributed by atoms with Crippen LogP contribution in [-0.2, 0) is 6.54 Å². The Morgan fingerprint density at radius 2 is 1.84 bits per heavy atom. The van der Waals surface area contributed by atoms with Gasteiger partial charge in [0.2, 0.25) is 5.13 Å². The van der Waals surface area contributed by atoms with E-state index in [1.165, 1.54) is 22.0 Å². The highest BCUT2D eigenvalue weighted by Crippen LogP contribution is 2.24. The van der Waals surface area contributed by atoms with Gasteiger partial charge in [-0.25, -0.2) is 4.98 Å². The molecule has 4 nitrogen and oxygen atoms in total. The molecule has 2 heterocycles. The number of fused-ring (bicyclic) bond motifs is 1. The summed E-state index contributed by atoms with van der Waals surface area (Å²) in [7, 11) is 0. The Morgan fingerprint density at radius 3 is 2.68 bits per heavy atom. The van der Waals surface area contributed by atoms with Gasteiger partial charge in [-0.1, -0.05) is 66.2 Å². The fourth-order valence-corrected chi connectivity index (χ4v) is 4.22. The molecule has 1 N–H and O–H groups in total. The van der Waals surface area contributed by atoms with E-state index >= 15 is 0 Å². The number of aryl methyl sites for hydroxylation is 1. The summed E-state index contributed by atoms with van der Waals surface area (Å²) < 4.78 is 2.28. The Labute approximate surface area is 185 Å². The molecule has 0 aliphatic carbocycles. The van der Waals surface area contributed by atoms with Crippen molar-refractivity contribution in [2.75, 3.05) is 5.43 Å². The first-order chi connectivity index (χ1) is 15.2. The van der Waals surface area contributed by atoms with E-state index in [9.17, 15) is 0 Å². The molecular weight excluding hydrogens is 400 g/mol. The maximum absolute atomic E-state index is 4.60. The van der Waals surface area contributed by atoms with Gasteiger partial charge in [0, 0.05) is 34.6 Å². The van der Waals surface area contributed by atoms with Gasteiger partial charge < -0.3 is 4.57 Å². The first-order valence-electron chi connectivity index (χ1n) is 10.2. The number of aromatic nitrogens is 2. The monoisotopic (exact) mass is 422 g/mol. The van der Waals surface area contributed by atoms with Crippen molar-refractivity contribution in [2.24, 2.45) is 5.10 Å². The van der Waals surface area contributed by atoms with E-state index in [1.807, 2.05) is 29.8 Å². The minimum atomic E-state index is 0.778. The molecular formula is C26H22N4S. The zero-order chi connectivity index (χ0) is 21.0. The van der Waals surface area contributed by atoms with Gasteiger partial charge in [0.15, 0.2) is 0 Å². The van der Waals surface area contributed by atoms with Crippen LogP contribution in [0.25, 0.3) is 22.2 Å². The Balaban J connectivity index is 1.27. The third-order valence-electron chi connectivity index (χ3n) is 5.22. The molecule has 0 fully saturated rings. The van der Waals surface area contributed by atoms with Gasteiger partial charge in [0.1, 0.15) is 0 Å². The van der Waals surface area contributed by atoms with Crippen LogP contribution in [0, 0.1) is 6.92 Å². The lowest BCUT2D eigenvalue weighted by Gasteiger charge is -2.06. The van der Waals surface area contributed by atoms with Crippen LogP contribution in [0.2, 0.25) is 0 Å². The molecule has 5 aromatic rings. The summed E-state index contributed by atoms with van der Waals surface area (Å²) in [5.41, 5.74) is 9.97. The lowest BCUT2D eigenvalue weighted by Crippen LogP contribution is -1.97. The van der Waals surface area contributed by atoms with Crippen LogP contribution >= 0.6 is 11.3 Å². The predicted octanol–water partition coefficient (Wildman–Crippen LogP) is 6.57. The number of anilines is 1. The van der Waals surface area contributed by atoms with E-state index in [0.29, 0.717) is 0 Å². The minimum Gasteiger partial charge on any atom is -0.343 e. The molecule has 0 unspecified atom stereocenters. The van der Waals surface area contributed by atoms with Gasteiger partial charge in [-0.15, -0.1) is 11.3 Å². The number of nitrogens with zero attached hydrogens (tertiary/aromatic N) is 3. The molecule has 5 heteroatoms. The van der Waals surface area contributed by atoms with Crippen molar-refractivity contribution in [3.63, 3.8) is 0 Å². The Morgan fingerprint density at radius 1 is 1.00 bits per heavy atom. The van der Waals surface area contributed by atoms with Crippen molar-refractivity contribution in [3.8, 4) is 11.3 Å². The second-order valence-electron chi connectivity index (χ2n) is 7.52. The van der Waals surface area contributed by atoms with E-state index in [0.717, 1.165) is 28.5 Å². The first-order valence-corrected chi connectivity index (χ1v) is 11.1. The fourth-order valence-electron chi connectivity index (χ4n) is 3.56. The molecule has 0 saturated heterocycles. The van der Waals surface area contributed by atoms with Crippen LogP contribution < -0.4 is 5.43 Å². The summed E-state index contributed by atoms with van der Waals surface area (Å²) >= 11 is 1.55. The normalized spacial score (nSPS) is 11.4. The summed E-state index contributed by atoms with van der Waals surface area (Å²) in [5, 5.41) is 8.40. The number of hydrogen-bond acceptors (Lipinski definition) is 4. The van der Waals surface area contributed by atoms with E-state index < -0.39 is 0 Å². The number of hydrogen-bond donors (Lipinski definition) is 1. The molecule has 152 valence electrons. The Kier molecular flexibility index (Phi) is 5.33. The first kappa shape index (κ1) is 19.3. The molecule has 0 aliphatic rings. The number of thiazole rings is 1. The fraction of sp³-hybridized carbons (Fsp3) is 0.0769. The number of hydrazone groups is 1. The van der Waals surface area contributed by atoms with E-state index in [4.69, 9.17) is 0 Å². The van der Waals surface area contributed by atoms with Crippen LogP contribution in [0.1, 0.15) is 16.7 Å². The number of nitrogens with one attached hydrogen (secondary N) is 1. The van der Waals surface area contributed by atoms with Gasteiger partial charge >= 0.3 is 0 Å². The van der Waals surface area contributed by atoms with Crippen molar-refractivity contribution in [1.29, 1.82) is 0 Å². The standard InChI is InChI=1S/C26H22N4S/c1-19-7-9-20(10-8-19)17-30-14-13-23-15-21(11-12-25(23)30)16-27-29-26-28-24(18-31-26)22-5-3-2-4-6-22/h2-16,18H,17H2,1H3,(H,28,29). The van der Waals surface area contributed by atoms with Gasteiger partial charge in [0.05, 0.1) is 11.9 Å². The third kappa shape index (κ3) is 4.42. The zero-order valence-electron chi connectivity index (χ0n) is 17.2. The summed E-state index contributed by atoms with van der Waals surface area (Å²) in [6, 6.07) is 27.4. The quantitative estimate of drug-likeness (QED) is 0.248. The predicted molar refractivity (Wildman–Crippen MR) is 131 cm³/mol. The van der Waals surface area contributed by atoms with Crippen molar-refractivity contribution in [1.82, 2.24) is 9.55 Å². The van der Waals surface area contributed by atoms with Gasteiger partial charge in [0.25, 0.3) is 0 Å². The van der Waals surface area contributed by atoms with Gasteiger partial charge in [-0.3, -0.25) is 5.43 Å². The average molecular weight is 423 g/mol. The maximum atomic E-state index is 4.60. The summed E-state index contributed by atoms with van der Waals surface area (Å²) in [5.74, 6) is 0. The molecule has 0 spiro atoms. The smallest absolute Gasteiger partial charge is 0.203 e. The summed E-state index contributed by atoms with van der Waals surface area (Å²) in [6.45, 7) is 2.98. The molecule has 5 rings (SSSR count). The van der Waals surface area contributed by atoms with E-state index in [1.54, 1.807) is 11.3 Å². The molecule has 0 aliphatic heterocycles. The highest BCUT2D eigenvalue weighted by atomic mass is 32.1. The summed E-state index contributed by atoms with van der Waals surface area (Å²) in [4.78, 5) is 4.60. The van der Waals surface area contributed by atoms with Crippen molar-refractivity contribution in [3.05, 3.63) is 107 Å². The van der Waals surface area contributed by atoms with Gasteiger partial charge in [-0.05, 0) is 36.2 Å². The second-order valence-corrected chi connectivity index (χ2v) is 8.38. The Bertz CT molecular complexity index is 1330. The molecule has 3 aromatic carbocycles. The van der Waals surface area contributed by atoms with Crippen LogP contribution in [0.4, 0.5) is 5.13 Å². The van der Waals surface area contributed by atoms with Crippen LogP contribution in [0.5, 0.6) is 0 Å². The summed E-state index contributed by atoms with van der Waals surface area (Å²) in [6.07, 6.45) is 3.98. The maximum Gasteiger partial charge on any atom is 0.203 e. The number of rotatable bonds is 6. The highest BCUT2D eigenvalue weighted by molar-refractivity contribution is 7.14. The van der Waals surface area contributed by atoms with Crippen molar-refractivity contribution in [2.45, 2.75) is 13.5 Å². The molecule has 0 atom stereocenters. The van der Waals surface area contributed by atoms with E-state index in [-0.39, 0.29) is 0 Å². The lowest BCUT2D eigenvalue weighted by atomic mass is 10.1. The zero-order valence-corrected chi connectivity index (χ0v) is 18.0. The molecule has 0 saturated carbocycles. The van der Waals surface area contributed by atoms with E-state index in [2.05, 4.69) is 93.9 Å². The SMILES string of the molecule is Cc1ccc(Cn2ccc3cc(C=NNc4nc(-c5ccccc5)cs4)ccc32)cc1. The number of benzene rings is 3. The van der Waals surface area contributed by atoms with Crippen molar-refractivity contribution < 1.29 is 0 Å². The average Bonchev–Trinajstić information content (AvgIpc) is 3.43. The highest BCUT2D eigenvalue weighted by Gasteiger charge is 2.04. The van der Waals surface area contributed by atoms with Crippen molar-refractivity contribution >= 4 is 33.6 Å². The van der Waals surface area contributed by atoms with Crippen LogP contribution in [0.15, 0.2) is 95.5 Å². The molecule has 0 amide bonds. The Hall–Kier alpha value is -3.70. The lowest BCUT2D eigenvalue weighted by molar-refractivity contribution is 0.836. The molecule has 2 aromatic heterocycles. The largest absolute Gasteiger partial charge is 0.343 e. The topological polar surface area (TPSA) is 42.2 Å². The minimum absolute atomic E-state index is 0.778. The third-order valence-corrected chi connectivity index (χ3v) is 5.96. The molecule has 31 heavy (non-hydrogen) atoms. The second kappa shape index (κ2) is 8.58. The molecule has 0 radical (unpaired) electrons.